The first kappa shape index (κ1) is 25.9. The highest BCUT2D eigenvalue weighted by molar-refractivity contribution is 6.42. The number of amides is 1. The Morgan fingerprint density at radius 2 is 1.92 bits per heavy atom. The van der Waals surface area contributed by atoms with Gasteiger partial charge in [-0.15, -0.1) is 0 Å². The minimum absolute atomic E-state index is 0.149. The predicted octanol–water partition coefficient (Wildman–Crippen LogP) is 4.99. The SMILES string of the molecule is CCC(c1nc2onc(C)c2c(=O)n1Cc1ccccc1)N(CCCN)C(=O)c1ccc(Cl)c(Cl)c1. The summed E-state index contributed by atoms with van der Waals surface area (Å²) in [7, 11) is 0. The van der Waals surface area contributed by atoms with Crippen LogP contribution in [0.2, 0.25) is 10.0 Å². The Balaban J connectivity index is 1.87. The number of halogens is 2. The maximum Gasteiger partial charge on any atom is 0.267 e. The van der Waals surface area contributed by atoms with Gasteiger partial charge in [-0.2, -0.15) is 4.98 Å². The predicted molar refractivity (Wildman–Crippen MR) is 141 cm³/mol. The van der Waals surface area contributed by atoms with Crippen molar-refractivity contribution >= 4 is 40.2 Å². The summed E-state index contributed by atoms with van der Waals surface area (Å²) in [6.45, 7) is 4.69. The molecular weight excluding hydrogens is 501 g/mol. The lowest BCUT2D eigenvalue weighted by atomic mass is 10.1. The molecular formula is C26H27Cl2N5O3. The van der Waals surface area contributed by atoms with Gasteiger partial charge in [-0.1, -0.05) is 65.6 Å². The van der Waals surface area contributed by atoms with Gasteiger partial charge in [-0.3, -0.25) is 14.2 Å². The van der Waals surface area contributed by atoms with Gasteiger partial charge in [0.15, 0.2) is 0 Å². The van der Waals surface area contributed by atoms with E-state index in [-0.39, 0.29) is 28.7 Å². The van der Waals surface area contributed by atoms with Gasteiger partial charge in [0, 0.05) is 12.1 Å². The Labute approximate surface area is 218 Å². The summed E-state index contributed by atoms with van der Waals surface area (Å²) in [5.74, 6) is 0.156. The molecule has 0 fully saturated rings. The van der Waals surface area contributed by atoms with Crippen molar-refractivity contribution in [2.75, 3.05) is 13.1 Å². The second-order valence-corrected chi connectivity index (χ2v) is 9.30. The second-order valence-electron chi connectivity index (χ2n) is 8.49. The molecule has 2 heterocycles. The Morgan fingerprint density at radius 1 is 1.17 bits per heavy atom. The number of carbonyl (C=O) groups is 1. The number of nitrogens with zero attached hydrogens (tertiary/aromatic N) is 4. The highest BCUT2D eigenvalue weighted by Crippen LogP contribution is 2.29. The van der Waals surface area contributed by atoms with E-state index in [0.717, 1.165) is 5.56 Å². The summed E-state index contributed by atoms with van der Waals surface area (Å²) in [4.78, 5) is 33.8. The monoisotopic (exact) mass is 527 g/mol. The van der Waals surface area contributed by atoms with E-state index in [2.05, 4.69) is 5.16 Å². The van der Waals surface area contributed by atoms with Gasteiger partial charge < -0.3 is 15.2 Å². The molecule has 1 amide bonds. The van der Waals surface area contributed by atoms with Gasteiger partial charge in [0.05, 0.1) is 28.3 Å². The minimum atomic E-state index is -0.537. The molecule has 0 radical (unpaired) electrons. The van der Waals surface area contributed by atoms with Gasteiger partial charge in [0.2, 0.25) is 0 Å². The van der Waals surface area contributed by atoms with Crippen LogP contribution in [-0.2, 0) is 6.54 Å². The number of rotatable bonds is 9. The molecule has 8 nitrogen and oxygen atoms in total. The van der Waals surface area contributed by atoms with Crippen molar-refractivity contribution in [3.05, 3.63) is 91.6 Å². The third-order valence-electron chi connectivity index (χ3n) is 6.07. The summed E-state index contributed by atoms with van der Waals surface area (Å²) in [6, 6.07) is 13.8. The van der Waals surface area contributed by atoms with Crippen molar-refractivity contribution in [2.24, 2.45) is 5.73 Å². The summed E-state index contributed by atoms with van der Waals surface area (Å²) in [6.07, 6.45) is 1.06. The number of aryl methyl sites for hydroxylation is 1. The molecule has 2 N–H and O–H groups in total. The molecule has 0 saturated carbocycles. The Hall–Kier alpha value is -3.20. The van der Waals surface area contributed by atoms with Crippen LogP contribution in [0.5, 0.6) is 0 Å². The normalized spacial score (nSPS) is 12.1. The smallest absolute Gasteiger partial charge is 0.267 e. The van der Waals surface area contributed by atoms with Crippen molar-refractivity contribution in [1.82, 2.24) is 19.6 Å². The van der Waals surface area contributed by atoms with Gasteiger partial charge in [0.25, 0.3) is 17.2 Å². The Morgan fingerprint density at radius 3 is 2.58 bits per heavy atom. The molecule has 4 aromatic rings. The number of aromatic nitrogens is 3. The lowest BCUT2D eigenvalue weighted by Crippen LogP contribution is -2.40. The van der Waals surface area contributed by atoms with Crippen LogP contribution in [0.1, 0.15) is 53.2 Å². The van der Waals surface area contributed by atoms with Crippen molar-refractivity contribution in [3.63, 3.8) is 0 Å². The highest BCUT2D eigenvalue weighted by atomic mass is 35.5. The molecule has 0 aliphatic heterocycles. The minimum Gasteiger partial charge on any atom is -0.335 e. The van der Waals surface area contributed by atoms with Crippen LogP contribution in [0.4, 0.5) is 0 Å². The first-order valence-corrected chi connectivity index (χ1v) is 12.5. The third kappa shape index (κ3) is 5.16. The van der Waals surface area contributed by atoms with Gasteiger partial charge >= 0.3 is 0 Å². The quantitative estimate of drug-likeness (QED) is 0.328. The topological polar surface area (TPSA) is 107 Å². The summed E-state index contributed by atoms with van der Waals surface area (Å²) < 4.78 is 6.98. The number of hydrogen-bond acceptors (Lipinski definition) is 6. The van der Waals surface area contributed by atoms with E-state index in [0.29, 0.717) is 53.4 Å². The Kier molecular flexibility index (Phi) is 8.08. The lowest BCUT2D eigenvalue weighted by molar-refractivity contribution is 0.0655. The average Bonchev–Trinajstić information content (AvgIpc) is 3.26. The van der Waals surface area contributed by atoms with Gasteiger partial charge in [0.1, 0.15) is 11.2 Å². The number of carbonyl (C=O) groups excluding carboxylic acids is 1. The van der Waals surface area contributed by atoms with Gasteiger partial charge in [-0.05, 0) is 50.1 Å². The fraction of sp³-hybridized carbons (Fsp3) is 0.308. The fourth-order valence-corrected chi connectivity index (χ4v) is 4.55. The largest absolute Gasteiger partial charge is 0.335 e. The zero-order valence-electron chi connectivity index (χ0n) is 20.1. The van der Waals surface area contributed by atoms with Crippen LogP contribution in [-0.4, -0.2) is 38.6 Å². The molecule has 4 rings (SSSR count). The summed E-state index contributed by atoms with van der Waals surface area (Å²) in [5, 5.41) is 4.92. The fourth-order valence-electron chi connectivity index (χ4n) is 4.25. The maximum atomic E-state index is 13.7. The molecule has 1 unspecified atom stereocenters. The van der Waals surface area contributed by atoms with E-state index in [1.54, 1.807) is 34.6 Å². The van der Waals surface area contributed by atoms with Crippen LogP contribution in [0, 0.1) is 6.92 Å². The standard InChI is InChI=1S/C26H27Cl2N5O3/c1-3-21(32(13-7-12-29)25(34)18-10-11-19(27)20(28)14-18)23-30-24-22(16(2)31-36-24)26(35)33(23)15-17-8-5-4-6-9-17/h4-6,8-11,14,21H,3,7,12-13,15,29H2,1-2H3. The Bertz CT molecular complexity index is 1440. The molecule has 0 aliphatic rings. The molecule has 0 bridgehead atoms. The number of benzene rings is 2. The number of hydrogen-bond donors (Lipinski definition) is 1. The highest BCUT2D eigenvalue weighted by Gasteiger charge is 2.30. The van der Waals surface area contributed by atoms with Crippen LogP contribution in [0.3, 0.4) is 0 Å². The summed E-state index contributed by atoms with van der Waals surface area (Å²) in [5.41, 5.74) is 7.46. The molecule has 2 aromatic heterocycles. The molecule has 0 aliphatic carbocycles. The van der Waals surface area contributed by atoms with Crippen molar-refractivity contribution in [2.45, 2.75) is 39.3 Å². The average molecular weight is 528 g/mol. The van der Waals surface area contributed by atoms with Crippen molar-refractivity contribution < 1.29 is 9.32 Å². The van der Waals surface area contributed by atoms with Crippen LogP contribution >= 0.6 is 23.2 Å². The van der Waals surface area contributed by atoms with Crippen molar-refractivity contribution in [3.8, 4) is 0 Å². The van der Waals surface area contributed by atoms with Crippen molar-refractivity contribution in [1.29, 1.82) is 0 Å². The lowest BCUT2D eigenvalue weighted by Gasteiger charge is -2.32. The zero-order valence-corrected chi connectivity index (χ0v) is 21.6. The molecule has 188 valence electrons. The third-order valence-corrected chi connectivity index (χ3v) is 6.81. The molecule has 0 saturated heterocycles. The van der Waals surface area contributed by atoms with Crippen LogP contribution in [0.25, 0.3) is 11.1 Å². The van der Waals surface area contributed by atoms with E-state index in [9.17, 15) is 9.59 Å². The number of nitrogens with two attached hydrogens (primary N) is 1. The molecule has 10 heteroatoms. The van der Waals surface area contributed by atoms with E-state index in [1.807, 2.05) is 37.3 Å². The zero-order chi connectivity index (χ0) is 25.8. The van der Waals surface area contributed by atoms with E-state index in [4.69, 9.17) is 38.4 Å². The molecule has 1 atom stereocenters. The molecule has 0 spiro atoms. The maximum absolute atomic E-state index is 13.7. The summed E-state index contributed by atoms with van der Waals surface area (Å²) >= 11 is 12.3. The van der Waals surface area contributed by atoms with Gasteiger partial charge in [-0.25, -0.2) is 0 Å². The molecule has 36 heavy (non-hydrogen) atoms. The first-order valence-electron chi connectivity index (χ1n) is 11.7. The van der Waals surface area contributed by atoms with E-state index in [1.165, 1.54) is 0 Å². The van der Waals surface area contributed by atoms with E-state index >= 15 is 0 Å². The van der Waals surface area contributed by atoms with Crippen LogP contribution < -0.4 is 11.3 Å². The van der Waals surface area contributed by atoms with E-state index < -0.39 is 6.04 Å². The number of fused-ring (bicyclic) bond motifs is 1. The second kappa shape index (κ2) is 11.2. The first-order chi connectivity index (χ1) is 17.3. The molecule has 2 aromatic carbocycles. The van der Waals surface area contributed by atoms with Crippen LogP contribution in [0.15, 0.2) is 57.8 Å².